The van der Waals surface area contributed by atoms with Crippen LogP contribution >= 0.6 is 11.6 Å². The zero-order valence-corrected chi connectivity index (χ0v) is 14.7. The molecule has 1 saturated carbocycles. The molecule has 0 aliphatic heterocycles. The van der Waals surface area contributed by atoms with Gasteiger partial charge < -0.3 is 4.74 Å². The summed E-state index contributed by atoms with van der Waals surface area (Å²) in [6.45, 7) is 2.06. The molecular formula is C19H18ClN3O2. The Morgan fingerprint density at radius 2 is 2.08 bits per heavy atom. The maximum absolute atomic E-state index is 12.1. The fourth-order valence-electron chi connectivity index (χ4n) is 3.12. The molecule has 0 N–H and O–H groups in total. The topological polar surface area (TPSA) is 57.0 Å². The number of carbonyl (C=O) groups is 1. The molecule has 128 valence electrons. The normalized spacial score (nSPS) is 14.5. The van der Waals surface area contributed by atoms with Gasteiger partial charge in [0, 0.05) is 5.92 Å². The molecule has 2 aromatic heterocycles. The van der Waals surface area contributed by atoms with Gasteiger partial charge in [0.15, 0.2) is 11.3 Å². The standard InChI is InChI=1S/C19H18ClN3O2/c1-2-25-19(24)15-11-14(20)16-17(12-7-6-8-12)22-23(18(16)21-15)13-9-4-3-5-10-13/h3-5,9-12H,2,6-8H2,1H3. The van der Waals surface area contributed by atoms with Crippen molar-refractivity contribution in [2.75, 3.05) is 6.61 Å². The van der Waals surface area contributed by atoms with Crippen LogP contribution in [0.3, 0.4) is 0 Å². The molecule has 3 aromatic rings. The molecule has 0 amide bonds. The van der Waals surface area contributed by atoms with Gasteiger partial charge in [-0.25, -0.2) is 14.5 Å². The summed E-state index contributed by atoms with van der Waals surface area (Å²) in [5, 5.41) is 6.14. The van der Waals surface area contributed by atoms with Crippen LogP contribution in [-0.4, -0.2) is 27.3 Å². The summed E-state index contributed by atoms with van der Waals surface area (Å²) in [5.74, 6) is -0.0717. The number of esters is 1. The first-order valence-corrected chi connectivity index (χ1v) is 8.88. The first-order chi connectivity index (χ1) is 12.2. The molecule has 6 heteroatoms. The minimum atomic E-state index is -0.475. The van der Waals surface area contributed by atoms with Gasteiger partial charge in [-0.2, -0.15) is 5.10 Å². The molecule has 25 heavy (non-hydrogen) atoms. The summed E-state index contributed by atoms with van der Waals surface area (Å²) in [4.78, 5) is 16.7. The second-order valence-electron chi connectivity index (χ2n) is 6.17. The number of para-hydroxylation sites is 1. The molecule has 1 aliphatic rings. The van der Waals surface area contributed by atoms with E-state index < -0.39 is 5.97 Å². The molecule has 0 unspecified atom stereocenters. The molecular weight excluding hydrogens is 338 g/mol. The summed E-state index contributed by atoms with van der Waals surface area (Å²) in [7, 11) is 0. The molecule has 1 aliphatic carbocycles. The predicted octanol–water partition coefficient (Wildman–Crippen LogP) is 4.52. The summed E-state index contributed by atoms with van der Waals surface area (Å²) < 4.78 is 6.85. The maximum Gasteiger partial charge on any atom is 0.357 e. The number of ether oxygens (including phenoxy) is 1. The Hall–Kier alpha value is -2.40. The lowest BCUT2D eigenvalue weighted by atomic mass is 9.82. The van der Waals surface area contributed by atoms with Crippen LogP contribution in [0, 0.1) is 0 Å². The third-order valence-electron chi connectivity index (χ3n) is 4.59. The molecule has 0 spiro atoms. The van der Waals surface area contributed by atoms with Crippen LogP contribution in [0.15, 0.2) is 36.4 Å². The highest BCUT2D eigenvalue weighted by Crippen LogP contribution is 2.41. The van der Waals surface area contributed by atoms with Crippen LogP contribution in [-0.2, 0) is 4.74 Å². The molecule has 5 nitrogen and oxygen atoms in total. The highest BCUT2D eigenvalue weighted by Gasteiger charge is 2.28. The molecule has 0 atom stereocenters. The number of aromatic nitrogens is 3. The summed E-state index contributed by atoms with van der Waals surface area (Å²) in [5.41, 5.74) is 2.67. The molecule has 1 aromatic carbocycles. The van der Waals surface area contributed by atoms with Crippen molar-refractivity contribution in [2.24, 2.45) is 0 Å². The van der Waals surface area contributed by atoms with Crippen molar-refractivity contribution in [3.05, 3.63) is 52.8 Å². The number of benzene rings is 1. The van der Waals surface area contributed by atoms with Gasteiger partial charge >= 0.3 is 5.97 Å². The number of hydrogen-bond donors (Lipinski definition) is 0. The van der Waals surface area contributed by atoms with Crippen LogP contribution in [0.4, 0.5) is 0 Å². The number of pyridine rings is 1. The van der Waals surface area contributed by atoms with E-state index >= 15 is 0 Å². The van der Waals surface area contributed by atoms with Gasteiger partial charge in [0.2, 0.25) is 0 Å². The van der Waals surface area contributed by atoms with Gasteiger partial charge in [-0.05, 0) is 38.0 Å². The Balaban J connectivity index is 1.95. The fourth-order valence-corrected chi connectivity index (χ4v) is 3.41. The van der Waals surface area contributed by atoms with Gasteiger partial charge in [-0.15, -0.1) is 0 Å². The largest absolute Gasteiger partial charge is 0.461 e. The summed E-state index contributed by atoms with van der Waals surface area (Å²) in [6.07, 6.45) is 3.42. The predicted molar refractivity (Wildman–Crippen MR) is 96.4 cm³/mol. The van der Waals surface area contributed by atoms with Crippen molar-refractivity contribution < 1.29 is 9.53 Å². The van der Waals surface area contributed by atoms with E-state index in [9.17, 15) is 4.79 Å². The number of rotatable bonds is 4. The SMILES string of the molecule is CCOC(=O)c1cc(Cl)c2c(C3CCC3)nn(-c3ccccc3)c2n1. The van der Waals surface area contributed by atoms with Crippen molar-refractivity contribution in [3.63, 3.8) is 0 Å². The zero-order valence-electron chi connectivity index (χ0n) is 13.9. The second-order valence-corrected chi connectivity index (χ2v) is 6.58. The number of hydrogen-bond acceptors (Lipinski definition) is 4. The Morgan fingerprint density at radius 1 is 1.32 bits per heavy atom. The van der Waals surface area contributed by atoms with Gasteiger partial charge in [0.1, 0.15) is 0 Å². The molecule has 0 saturated heterocycles. The van der Waals surface area contributed by atoms with Gasteiger partial charge in [0.25, 0.3) is 0 Å². The van der Waals surface area contributed by atoms with Crippen molar-refractivity contribution in [1.82, 2.24) is 14.8 Å². The van der Waals surface area contributed by atoms with Gasteiger partial charge in [-0.3, -0.25) is 0 Å². The first kappa shape index (κ1) is 16.1. The van der Waals surface area contributed by atoms with Gasteiger partial charge in [-0.1, -0.05) is 36.2 Å². The average Bonchev–Trinajstić information content (AvgIpc) is 2.94. The zero-order chi connectivity index (χ0) is 17.4. The lowest BCUT2D eigenvalue weighted by Gasteiger charge is -2.23. The molecule has 4 rings (SSSR count). The number of nitrogens with zero attached hydrogens (tertiary/aromatic N) is 3. The van der Waals surface area contributed by atoms with E-state index in [1.165, 1.54) is 6.42 Å². The first-order valence-electron chi connectivity index (χ1n) is 8.50. The smallest absolute Gasteiger partial charge is 0.357 e. The average molecular weight is 356 g/mol. The van der Waals surface area contributed by atoms with E-state index in [0.29, 0.717) is 23.2 Å². The van der Waals surface area contributed by atoms with E-state index in [1.807, 2.05) is 30.3 Å². The third-order valence-corrected chi connectivity index (χ3v) is 4.89. The quantitative estimate of drug-likeness (QED) is 0.646. The summed E-state index contributed by atoms with van der Waals surface area (Å²) >= 11 is 6.54. The Bertz CT molecular complexity index is 933. The number of fused-ring (bicyclic) bond motifs is 1. The van der Waals surface area contributed by atoms with E-state index in [0.717, 1.165) is 29.6 Å². The number of halogens is 1. The monoisotopic (exact) mass is 355 g/mol. The van der Waals surface area contributed by atoms with E-state index in [-0.39, 0.29) is 5.69 Å². The molecule has 0 radical (unpaired) electrons. The van der Waals surface area contributed by atoms with Gasteiger partial charge in [0.05, 0.1) is 28.4 Å². The van der Waals surface area contributed by atoms with Crippen LogP contribution in [0.2, 0.25) is 5.02 Å². The van der Waals surface area contributed by atoms with E-state index in [2.05, 4.69) is 4.98 Å². The minimum absolute atomic E-state index is 0.205. The van der Waals surface area contributed by atoms with Crippen molar-refractivity contribution in [3.8, 4) is 5.69 Å². The van der Waals surface area contributed by atoms with Crippen molar-refractivity contribution in [1.29, 1.82) is 0 Å². The number of carbonyl (C=O) groups excluding carboxylic acids is 1. The van der Waals surface area contributed by atoms with Crippen molar-refractivity contribution in [2.45, 2.75) is 32.1 Å². The maximum atomic E-state index is 12.1. The molecule has 2 heterocycles. The minimum Gasteiger partial charge on any atom is -0.461 e. The van der Waals surface area contributed by atoms with Crippen LogP contribution < -0.4 is 0 Å². The molecule has 1 fully saturated rings. The van der Waals surface area contributed by atoms with Crippen LogP contribution in [0.5, 0.6) is 0 Å². The third kappa shape index (κ3) is 2.78. The highest BCUT2D eigenvalue weighted by atomic mass is 35.5. The summed E-state index contributed by atoms with van der Waals surface area (Å²) in [6, 6.07) is 11.4. The van der Waals surface area contributed by atoms with Crippen molar-refractivity contribution >= 4 is 28.6 Å². The lowest BCUT2D eigenvalue weighted by Crippen LogP contribution is -2.10. The van der Waals surface area contributed by atoms with E-state index in [4.69, 9.17) is 21.4 Å². The van der Waals surface area contributed by atoms with E-state index in [1.54, 1.807) is 17.7 Å². The van der Waals surface area contributed by atoms with Crippen LogP contribution in [0.1, 0.15) is 48.3 Å². The fraction of sp³-hybridized carbons (Fsp3) is 0.316. The lowest BCUT2D eigenvalue weighted by molar-refractivity contribution is 0.0520. The Labute approximate surface area is 150 Å². The highest BCUT2D eigenvalue weighted by molar-refractivity contribution is 6.35. The second kappa shape index (κ2) is 6.48. The Morgan fingerprint density at radius 3 is 2.72 bits per heavy atom. The Kier molecular flexibility index (Phi) is 4.17. The van der Waals surface area contributed by atoms with Crippen LogP contribution in [0.25, 0.3) is 16.7 Å². The molecule has 0 bridgehead atoms.